The zero-order chi connectivity index (χ0) is 24.3. The summed E-state index contributed by atoms with van der Waals surface area (Å²) in [5.74, 6) is 0.360. The van der Waals surface area contributed by atoms with Crippen LogP contribution in [0.25, 0.3) is 11.5 Å². The predicted octanol–water partition coefficient (Wildman–Crippen LogP) is 2.14. The predicted molar refractivity (Wildman–Crippen MR) is 119 cm³/mol. The molecule has 2 aromatic rings. The van der Waals surface area contributed by atoms with Gasteiger partial charge in [-0.15, -0.1) is 10.2 Å². The molecule has 0 atom stereocenters. The fraction of sp³-hybridized carbons (Fsp3) is 0.476. The number of imide groups is 1. The first kappa shape index (κ1) is 23.7. The fourth-order valence-corrected chi connectivity index (χ4v) is 4.65. The Morgan fingerprint density at radius 1 is 1.12 bits per heavy atom. The quantitative estimate of drug-likeness (QED) is 0.416. The Hall–Kier alpha value is -3.48. The third-order valence-corrected chi connectivity index (χ3v) is 6.57. The minimum atomic E-state index is -0.905. The molecule has 13 heteroatoms. The van der Waals surface area contributed by atoms with Crippen LogP contribution in [0.5, 0.6) is 17.2 Å². The minimum absolute atomic E-state index is 0.138. The summed E-state index contributed by atoms with van der Waals surface area (Å²) in [6, 6.07) is 2.71. The van der Waals surface area contributed by atoms with Crippen molar-refractivity contribution in [1.82, 2.24) is 25.9 Å². The Bertz CT molecular complexity index is 1070. The molecule has 4 rings (SSSR count). The first-order valence-electron chi connectivity index (χ1n) is 10.6. The van der Waals surface area contributed by atoms with E-state index in [1.165, 1.54) is 21.3 Å². The van der Waals surface area contributed by atoms with Gasteiger partial charge in [-0.3, -0.25) is 15.0 Å². The van der Waals surface area contributed by atoms with Gasteiger partial charge in [-0.2, -0.15) is 5.01 Å². The van der Waals surface area contributed by atoms with Gasteiger partial charge in [0, 0.05) is 5.56 Å². The van der Waals surface area contributed by atoms with E-state index in [0.29, 0.717) is 35.7 Å². The lowest BCUT2D eigenvalue weighted by Crippen LogP contribution is -2.51. The zero-order valence-corrected chi connectivity index (χ0v) is 19.8. The molecule has 1 aliphatic heterocycles. The molecule has 182 valence electrons. The van der Waals surface area contributed by atoms with Crippen molar-refractivity contribution < 1.29 is 33.0 Å². The van der Waals surface area contributed by atoms with Crippen molar-refractivity contribution in [1.29, 1.82) is 0 Å². The van der Waals surface area contributed by atoms with E-state index in [0.717, 1.165) is 36.0 Å². The zero-order valence-electron chi connectivity index (χ0n) is 19.0. The number of hydrogen-bond acceptors (Lipinski definition) is 10. The molecule has 4 amide bonds. The summed E-state index contributed by atoms with van der Waals surface area (Å²) >= 11 is 0.975. The number of carbonyl (C=O) groups excluding carboxylic acids is 3. The summed E-state index contributed by atoms with van der Waals surface area (Å²) in [5, 5.41) is 11.6. The summed E-state index contributed by atoms with van der Waals surface area (Å²) in [6.07, 6.45) is 3.88. The van der Waals surface area contributed by atoms with Crippen molar-refractivity contribution in [3.8, 4) is 28.7 Å². The topological polar surface area (TPSA) is 145 Å². The molecule has 1 saturated heterocycles. The van der Waals surface area contributed by atoms with Crippen molar-refractivity contribution in [2.24, 2.45) is 0 Å². The number of rotatable bonds is 8. The van der Waals surface area contributed by atoms with Gasteiger partial charge in [0.25, 0.3) is 11.1 Å². The van der Waals surface area contributed by atoms with Crippen molar-refractivity contribution >= 4 is 29.6 Å². The molecular formula is C21H25N5O7S. The van der Waals surface area contributed by atoms with E-state index in [4.69, 9.17) is 18.6 Å². The third kappa shape index (κ3) is 4.47. The number of nitrogens with zero attached hydrogens (tertiary/aromatic N) is 3. The van der Waals surface area contributed by atoms with Gasteiger partial charge in [0.2, 0.25) is 17.5 Å². The highest BCUT2D eigenvalue weighted by Gasteiger charge is 2.52. The van der Waals surface area contributed by atoms with Crippen LogP contribution in [0.1, 0.15) is 32.1 Å². The van der Waals surface area contributed by atoms with Crippen LogP contribution < -0.4 is 25.0 Å². The summed E-state index contributed by atoms with van der Waals surface area (Å²) in [5.41, 5.74) is 2.01. The number of carbonyl (C=O) groups is 3. The molecule has 1 aromatic heterocycles. The number of methoxy groups -OCH3 is 3. The Balaban J connectivity index is 1.38. The van der Waals surface area contributed by atoms with E-state index >= 15 is 0 Å². The van der Waals surface area contributed by atoms with E-state index in [-0.39, 0.29) is 16.9 Å². The van der Waals surface area contributed by atoms with Gasteiger partial charge in [-0.25, -0.2) is 4.79 Å². The van der Waals surface area contributed by atoms with E-state index in [2.05, 4.69) is 20.9 Å². The summed E-state index contributed by atoms with van der Waals surface area (Å²) < 4.78 is 21.6. The maximum absolute atomic E-state index is 12.8. The first-order valence-corrected chi connectivity index (χ1v) is 11.6. The van der Waals surface area contributed by atoms with Crippen LogP contribution >= 0.6 is 11.8 Å². The second-order valence-corrected chi connectivity index (χ2v) is 8.75. The lowest BCUT2D eigenvalue weighted by molar-refractivity contribution is -0.139. The number of ether oxygens (including phenoxy) is 3. The average molecular weight is 492 g/mol. The highest BCUT2D eigenvalue weighted by Crippen LogP contribution is 2.41. The summed E-state index contributed by atoms with van der Waals surface area (Å²) in [7, 11) is 4.49. The van der Waals surface area contributed by atoms with Gasteiger partial charge in [-0.05, 0) is 25.0 Å². The molecular weight excluding hydrogens is 466 g/mol. The number of urea groups is 1. The molecule has 1 aromatic carbocycles. The molecule has 0 bridgehead atoms. The maximum Gasteiger partial charge on any atom is 0.344 e. The van der Waals surface area contributed by atoms with Crippen LogP contribution in [0.3, 0.4) is 0 Å². The van der Waals surface area contributed by atoms with Gasteiger partial charge < -0.3 is 23.9 Å². The Morgan fingerprint density at radius 3 is 2.41 bits per heavy atom. The number of thioether (sulfide) groups is 1. The van der Waals surface area contributed by atoms with Crippen molar-refractivity contribution in [3.05, 3.63) is 12.1 Å². The number of hydrazine groups is 1. The Kier molecular flexibility index (Phi) is 6.82. The maximum atomic E-state index is 12.8. The molecule has 12 nitrogen and oxygen atoms in total. The fourth-order valence-electron chi connectivity index (χ4n) is 4.09. The second-order valence-electron chi connectivity index (χ2n) is 7.82. The van der Waals surface area contributed by atoms with Crippen molar-refractivity contribution in [2.75, 3.05) is 27.1 Å². The van der Waals surface area contributed by atoms with Crippen molar-refractivity contribution in [3.63, 3.8) is 0 Å². The lowest BCUT2D eigenvalue weighted by Gasteiger charge is -2.30. The highest BCUT2D eigenvalue weighted by atomic mass is 32.2. The summed E-state index contributed by atoms with van der Waals surface area (Å²) in [6.45, 7) is 0. The Morgan fingerprint density at radius 2 is 1.79 bits per heavy atom. The molecule has 0 radical (unpaired) electrons. The molecule has 2 heterocycles. The minimum Gasteiger partial charge on any atom is -0.493 e. The van der Waals surface area contributed by atoms with E-state index in [1.54, 1.807) is 12.1 Å². The van der Waals surface area contributed by atoms with E-state index in [1.807, 2.05) is 0 Å². The van der Waals surface area contributed by atoms with Crippen molar-refractivity contribution in [2.45, 2.75) is 42.9 Å². The van der Waals surface area contributed by atoms with Gasteiger partial charge in [0.1, 0.15) is 5.54 Å². The van der Waals surface area contributed by atoms with E-state index < -0.39 is 23.4 Å². The monoisotopic (exact) mass is 491 g/mol. The standard InChI is InChI=1S/C21H25N5O7S/c1-30-13-9-12(10-14(31-2)16(13)32-3)17-23-24-20(33-17)34-11-15(27)25-26-18(28)21(22-19(26)29)7-5-4-6-8-21/h9-10H,4-8,11H2,1-3H3,(H,22,29)(H,25,27). The summed E-state index contributed by atoms with van der Waals surface area (Å²) in [4.78, 5) is 37.5. The van der Waals surface area contributed by atoms with Crippen LogP contribution in [0, 0.1) is 0 Å². The normalized spacial score (nSPS) is 17.0. The number of hydrogen-bond donors (Lipinski definition) is 2. The number of amides is 4. The van der Waals surface area contributed by atoms with Crippen LogP contribution in [0.2, 0.25) is 0 Å². The van der Waals surface area contributed by atoms with Gasteiger partial charge in [0.05, 0.1) is 27.1 Å². The molecule has 1 saturated carbocycles. The highest BCUT2D eigenvalue weighted by molar-refractivity contribution is 7.99. The third-order valence-electron chi connectivity index (χ3n) is 5.75. The van der Waals surface area contributed by atoms with Gasteiger partial charge >= 0.3 is 6.03 Å². The van der Waals surface area contributed by atoms with Crippen LogP contribution in [-0.2, 0) is 9.59 Å². The smallest absolute Gasteiger partial charge is 0.344 e. The molecule has 2 fully saturated rings. The molecule has 1 spiro atoms. The van der Waals surface area contributed by atoms with Gasteiger partial charge in [-0.1, -0.05) is 31.0 Å². The first-order chi connectivity index (χ1) is 16.4. The largest absolute Gasteiger partial charge is 0.493 e. The van der Waals surface area contributed by atoms with Gasteiger partial charge in [0.15, 0.2) is 11.5 Å². The lowest BCUT2D eigenvalue weighted by atomic mass is 9.82. The Labute approximate surface area is 199 Å². The molecule has 34 heavy (non-hydrogen) atoms. The van der Waals surface area contributed by atoms with Crippen LogP contribution in [-0.4, -0.2) is 65.7 Å². The second kappa shape index (κ2) is 9.79. The number of nitrogens with one attached hydrogen (secondary N) is 2. The number of benzene rings is 1. The number of aromatic nitrogens is 2. The van der Waals surface area contributed by atoms with E-state index in [9.17, 15) is 14.4 Å². The average Bonchev–Trinajstić information content (AvgIpc) is 3.41. The molecule has 2 N–H and O–H groups in total. The molecule has 1 aliphatic carbocycles. The van der Waals surface area contributed by atoms with Crippen LogP contribution in [0.15, 0.2) is 21.8 Å². The van der Waals surface area contributed by atoms with Crippen LogP contribution in [0.4, 0.5) is 4.79 Å². The molecule has 2 aliphatic rings. The molecule has 0 unspecified atom stereocenters. The SMILES string of the molecule is COc1cc(-c2nnc(SCC(=O)NN3C(=O)NC4(CCCCC4)C3=O)o2)cc(OC)c1OC.